The zero-order valence-corrected chi connectivity index (χ0v) is 11.9. The van der Waals surface area contributed by atoms with Crippen LogP contribution in [-0.4, -0.2) is 11.1 Å². The van der Waals surface area contributed by atoms with Crippen molar-refractivity contribution in [2.45, 2.75) is 19.1 Å². The molecule has 0 heterocycles. The summed E-state index contributed by atoms with van der Waals surface area (Å²) in [5.41, 5.74) is 1.74. The van der Waals surface area contributed by atoms with E-state index in [1.807, 2.05) is 48.5 Å². The number of aliphatic hydroxyl groups excluding tert-OH is 1. The van der Waals surface area contributed by atoms with E-state index in [0.29, 0.717) is 11.1 Å². The summed E-state index contributed by atoms with van der Waals surface area (Å²) < 4.78 is 5.43. The molecule has 0 saturated heterocycles. The average molecular weight is 282 g/mol. The molecule has 0 bridgehead atoms. The molecule has 108 valence electrons. The van der Waals surface area contributed by atoms with Gasteiger partial charge in [0.15, 0.2) is 6.10 Å². The highest BCUT2D eigenvalue weighted by Crippen LogP contribution is 2.32. The van der Waals surface area contributed by atoms with Gasteiger partial charge in [0, 0.05) is 5.57 Å². The molecular weight excluding hydrogens is 264 g/mol. The number of carbonyl (C=O) groups is 1. The number of rotatable bonds is 5. The number of aliphatic hydroxyl groups is 1. The van der Waals surface area contributed by atoms with E-state index in [9.17, 15) is 9.90 Å². The van der Waals surface area contributed by atoms with Crippen molar-refractivity contribution in [2.75, 3.05) is 0 Å². The SMILES string of the molecule is C=C(C)C(=O)O[C@H](c1ccccc1)[C@H](O)c1ccccc1. The van der Waals surface area contributed by atoms with E-state index in [2.05, 4.69) is 6.58 Å². The number of hydrogen-bond acceptors (Lipinski definition) is 3. The van der Waals surface area contributed by atoms with Crippen molar-refractivity contribution < 1.29 is 14.6 Å². The van der Waals surface area contributed by atoms with E-state index in [4.69, 9.17) is 4.74 Å². The van der Waals surface area contributed by atoms with Crippen molar-refractivity contribution in [2.24, 2.45) is 0 Å². The molecule has 0 aliphatic carbocycles. The lowest BCUT2D eigenvalue weighted by molar-refractivity contribution is -0.151. The normalized spacial score (nSPS) is 13.2. The minimum Gasteiger partial charge on any atom is -0.451 e. The minimum atomic E-state index is -0.933. The third kappa shape index (κ3) is 3.80. The number of hydrogen-bond donors (Lipinski definition) is 1. The Morgan fingerprint density at radius 3 is 1.95 bits per heavy atom. The highest BCUT2D eigenvalue weighted by molar-refractivity contribution is 5.87. The van der Waals surface area contributed by atoms with E-state index in [1.54, 1.807) is 19.1 Å². The summed E-state index contributed by atoms with van der Waals surface area (Å²) in [5.74, 6) is -0.515. The van der Waals surface area contributed by atoms with Gasteiger partial charge in [-0.15, -0.1) is 0 Å². The lowest BCUT2D eigenvalue weighted by Gasteiger charge is -2.24. The molecule has 3 heteroatoms. The van der Waals surface area contributed by atoms with Crippen LogP contribution in [0.15, 0.2) is 72.8 Å². The molecule has 2 aromatic carbocycles. The van der Waals surface area contributed by atoms with Crippen molar-refractivity contribution in [3.8, 4) is 0 Å². The molecule has 0 saturated carbocycles. The number of carbonyl (C=O) groups excluding carboxylic acids is 1. The first kappa shape index (κ1) is 15.0. The van der Waals surface area contributed by atoms with E-state index in [0.717, 1.165) is 5.56 Å². The number of esters is 1. The standard InChI is InChI=1S/C18H18O3/c1-13(2)18(20)21-17(15-11-7-4-8-12-15)16(19)14-9-5-3-6-10-14/h3-12,16-17,19H,1H2,2H3/t16-,17-/m1/s1. The molecule has 1 N–H and O–H groups in total. The van der Waals surface area contributed by atoms with Crippen LogP contribution in [0, 0.1) is 0 Å². The topological polar surface area (TPSA) is 46.5 Å². The van der Waals surface area contributed by atoms with Crippen molar-refractivity contribution in [3.63, 3.8) is 0 Å². The van der Waals surface area contributed by atoms with Crippen LogP contribution in [-0.2, 0) is 9.53 Å². The molecule has 21 heavy (non-hydrogen) atoms. The second-order valence-corrected chi connectivity index (χ2v) is 4.87. The Labute approximate surface area is 124 Å². The fourth-order valence-corrected chi connectivity index (χ4v) is 2.00. The largest absolute Gasteiger partial charge is 0.451 e. The first-order valence-corrected chi connectivity index (χ1v) is 6.74. The summed E-state index contributed by atoms with van der Waals surface area (Å²) in [7, 11) is 0. The van der Waals surface area contributed by atoms with Gasteiger partial charge in [-0.1, -0.05) is 67.2 Å². The summed E-state index contributed by atoms with van der Waals surface area (Å²) in [5, 5.41) is 10.6. The third-order valence-electron chi connectivity index (χ3n) is 3.14. The van der Waals surface area contributed by atoms with Gasteiger partial charge in [0.05, 0.1) is 0 Å². The average Bonchev–Trinajstić information content (AvgIpc) is 2.53. The van der Waals surface area contributed by atoms with Crippen LogP contribution in [0.1, 0.15) is 30.3 Å². The molecule has 0 spiro atoms. The molecule has 0 aliphatic heterocycles. The van der Waals surface area contributed by atoms with E-state index >= 15 is 0 Å². The Morgan fingerprint density at radius 2 is 1.48 bits per heavy atom. The van der Waals surface area contributed by atoms with Crippen molar-refractivity contribution in [1.82, 2.24) is 0 Å². The van der Waals surface area contributed by atoms with Gasteiger partial charge in [-0.25, -0.2) is 4.79 Å². The molecular formula is C18H18O3. The fraction of sp³-hybridized carbons (Fsp3) is 0.167. The Bertz CT molecular complexity index is 605. The second-order valence-electron chi connectivity index (χ2n) is 4.87. The molecule has 3 nitrogen and oxygen atoms in total. The van der Waals surface area contributed by atoms with Crippen LogP contribution in [0.4, 0.5) is 0 Å². The summed E-state index contributed by atoms with van der Waals surface area (Å²) in [6.45, 7) is 5.16. The number of benzene rings is 2. The quantitative estimate of drug-likeness (QED) is 0.673. The lowest BCUT2D eigenvalue weighted by atomic mass is 9.98. The van der Waals surface area contributed by atoms with Crippen molar-refractivity contribution in [1.29, 1.82) is 0 Å². The van der Waals surface area contributed by atoms with Crippen LogP contribution < -0.4 is 0 Å². The maximum Gasteiger partial charge on any atom is 0.333 e. The molecule has 2 atom stereocenters. The first-order valence-electron chi connectivity index (χ1n) is 6.74. The van der Waals surface area contributed by atoms with Crippen molar-refractivity contribution >= 4 is 5.97 Å². The summed E-state index contributed by atoms with van der Waals surface area (Å²) in [6.07, 6.45) is -1.70. The summed E-state index contributed by atoms with van der Waals surface area (Å²) in [6, 6.07) is 18.3. The third-order valence-corrected chi connectivity index (χ3v) is 3.14. The maximum atomic E-state index is 11.8. The molecule has 0 aromatic heterocycles. The molecule has 0 unspecified atom stereocenters. The second kappa shape index (κ2) is 6.86. The van der Waals surface area contributed by atoms with Crippen LogP contribution in [0.25, 0.3) is 0 Å². The van der Waals surface area contributed by atoms with Gasteiger partial charge in [-0.3, -0.25) is 0 Å². The van der Waals surface area contributed by atoms with Gasteiger partial charge < -0.3 is 9.84 Å². The van der Waals surface area contributed by atoms with E-state index in [1.165, 1.54) is 0 Å². The monoisotopic (exact) mass is 282 g/mol. The van der Waals surface area contributed by atoms with Gasteiger partial charge in [0.1, 0.15) is 6.10 Å². The van der Waals surface area contributed by atoms with E-state index < -0.39 is 18.2 Å². The molecule has 0 fully saturated rings. The smallest absolute Gasteiger partial charge is 0.333 e. The Morgan fingerprint density at radius 1 is 1.00 bits per heavy atom. The van der Waals surface area contributed by atoms with Crippen LogP contribution in [0.5, 0.6) is 0 Å². The Balaban J connectivity index is 2.32. The highest BCUT2D eigenvalue weighted by Gasteiger charge is 2.26. The molecule has 0 aliphatic rings. The van der Waals surface area contributed by atoms with Gasteiger partial charge in [0.2, 0.25) is 0 Å². The van der Waals surface area contributed by atoms with Gasteiger partial charge in [-0.05, 0) is 18.1 Å². The first-order chi connectivity index (χ1) is 10.1. The Kier molecular flexibility index (Phi) is 4.90. The minimum absolute atomic E-state index is 0.302. The van der Waals surface area contributed by atoms with Crippen LogP contribution in [0.3, 0.4) is 0 Å². The van der Waals surface area contributed by atoms with E-state index in [-0.39, 0.29) is 0 Å². The zero-order valence-electron chi connectivity index (χ0n) is 11.9. The van der Waals surface area contributed by atoms with Gasteiger partial charge in [-0.2, -0.15) is 0 Å². The fourth-order valence-electron chi connectivity index (χ4n) is 2.00. The highest BCUT2D eigenvalue weighted by atomic mass is 16.6. The molecule has 2 aromatic rings. The Hall–Kier alpha value is -2.39. The van der Waals surface area contributed by atoms with Crippen LogP contribution in [0.2, 0.25) is 0 Å². The number of ether oxygens (including phenoxy) is 1. The predicted octanol–water partition coefficient (Wildman–Crippen LogP) is 3.58. The lowest BCUT2D eigenvalue weighted by Crippen LogP contribution is -2.18. The molecule has 0 amide bonds. The summed E-state index contributed by atoms with van der Waals surface area (Å²) in [4.78, 5) is 11.8. The molecule has 0 radical (unpaired) electrons. The summed E-state index contributed by atoms with van der Waals surface area (Å²) >= 11 is 0. The zero-order chi connectivity index (χ0) is 15.2. The van der Waals surface area contributed by atoms with Crippen LogP contribution >= 0.6 is 0 Å². The van der Waals surface area contributed by atoms with Crippen molar-refractivity contribution in [3.05, 3.63) is 83.9 Å². The molecule has 2 rings (SSSR count). The van der Waals surface area contributed by atoms with Gasteiger partial charge in [0.25, 0.3) is 0 Å². The maximum absolute atomic E-state index is 11.8. The predicted molar refractivity (Wildman–Crippen MR) is 81.5 cm³/mol. The van der Waals surface area contributed by atoms with Gasteiger partial charge >= 0.3 is 5.97 Å².